The number of carbonyl (C=O) groups is 1. The van der Waals surface area contributed by atoms with Crippen LogP contribution in [0.4, 0.5) is 5.69 Å². The zero-order chi connectivity index (χ0) is 12.1. The van der Waals surface area contributed by atoms with Crippen molar-refractivity contribution < 1.29 is 4.79 Å². The molecule has 16 heavy (non-hydrogen) atoms. The molecule has 90 valence electrons. The highest BCUT2D eigenvalue weighted by atomic mass is 16.2. The van der Waals surface area contributed by atoms with E-state index in [-0.39, 0.29) is 12.5 Å². The lowest BCUT2D eigenvalue weighted by Crippen LogP contribution is -2.29. The van der Waals surface area contributed by atoms with Gasteiger partial charge in [0.05, 0.1) is 17.1 Å². The number of hydrogen-bond donors (Lipinski definition) is 2. The fraction of sp³-hybridized carbons (Fsp3) is 0.636. The second-order valence-corrected chi connectivity index (χ2v) is 3.95. The quantitative estimate of drug-likeness (QED) is 0.733. The molecule has 5 heteroatoms. The van der Waals surface area contributed by atoms with E-state index in [0.29, 0.717) is 5.69 Å². The summed E-state index contributed by atoms with van der Waals surface area (Å²) in [5, 5.41) is 7.06. The van der Waals surface area contributed by atoms with Crippen molar-refractivity contribution in [1.82, 2.24) is 15.1 Å². The number of aryl methyl sites for hydroxylation is 1. The predicted octanol–water partition coefficient (Wildman–Crippen LogP) is 0.998. The molecule has 1 amide bonds. The van der Waals surface area contributed by atoms with Crippen LogP contribution in [0, 0.1) is 13.8 Å². The monoisotopic (exact) mass is 224 g/mol. The van der Waals surface area contributed by atoms with Gasteiger partial charge in [0.15, 0.2) is 0 Å². The zero-order valence-electron chi connectivity index (χ0n) is 10.2. The van der Waals surface area contributed by atoms with E-state index in [1.54, 1.807) is 4.68 Å². The van der Waals surface area contributed by atoms with Crippen LogP contribution in [0.15, 0.2) is 0 Å². The van der Waals surface area contributed by atoms with Gasteiger partial charge in [-0.25, -0.2) is 0 Å². The molecule has 0 aliphatic rings. The normalized spacial score (nSPS) is 10.4. The number of amides is 1. The van der Waals surface area contributed by atoms with Crippen molar-refractivity contribution >= 4 is 11.6 Å². The van der Waals surface area contributed by atoms with Gasteiger partial charge in [-0.15, -0.1) is 0 Å². The van der Waals surface area contributed by atoms with Gasteiger partial charge < -0.3 is 11.1 Å². The van der Waals surface area contributed by atoms with Crippen LogP contribution in [0.1, 0.15) is 31.2 Å². The van der Waals surface area contributed by atoms with E-state index in [0.717, 1.165) is 30.8 Å². The van der Waals surface area contributed by atoms with E-state index < -0.39 is 0 Å². The molecule has 1 rings (SSSR count). The van der Waals surface area contributed by atoms with Crippen molar-refractivity contribution in [3.8, 4) is 0 Å². The molecule has 0 saturated carbocycles. The average molecular weight is 224 g/mol. The fourth-order valence-electron chi connectivity index (χ4n) is 1.46. The van der Waals surface area contributed by atoms with Crippen LogP contribution in [-0.4, -0.2) is 22.2 Å². The average Bonchev–Trinajstić information content (AvgIpc) is 2.47. The number of carbonyl (C=O) groups excluding carboxylic acids is 1. The minimum Gasteiger partial charge on any atom is -0.396 e. The second kappa shape index (κ2) is 5.53. The number of nitrogens with zero attached hydrogens (tertiary/aromatic N) is 2. The molecule has 0 radical (unpaired) electrons. The molecule has 1 aromatic rings. The Balaban J connectivity index is 2.53. The Morgan fingerprint density at radius 3 is 2.69 bits per heavy atom. The highest BCUT2D eigenvalue weighted by Crippen LogP contribution is 2.14. The number of unbranched alkanes of at least 4 members (excludes halogenated alkanes) is 1. The highest BCUT2D eigenvalue weighted by molar-refractivity contribution is 5.75. The lowest BCUT2D eigenvalue weighted by molar-refractivity contribution is -0.121. The van der Waals surface area contributed by atoms with Crippen LogP contribution in [-0.2, 0) is 11.3 Å². The summed E-state index contributed by atoms with van der Waals surface area (Å²) in [4.78, 5) is 11.5. The van der Waals surface area contributed by atoms with Gasteiger partial charge in [0.25, 0.3) is 0 Å². The SMILES string of the molecule is CCCCNC(=O)Cn1nc(C)c(N)c1C. The summed E-state index contributed by atoms with van der Waals surface area (Å²) in [6.45, 7) is 6.77. The molecular weight excluding hydrogens is 204 g/mol. The van der Waals surface area contributed by atoms with Crippen molar-refractivity contribution in [2.75, 3.05) is 12.3 Å². The van der Waals surface area contributed by atoms with Crippen LogP contribution in [0.3, 0.4) is 0 Å². The van der Waals surface area contributed by atoms with Crippen LogP contribution in [0.5, 0.6) is 0 Å². The Morgan fingerprint density at radius 1 is 1.50 bits per heavy atom. The van der Waals surface area contributed by atoms with E-state index in [2.05, 4.69) is 17.3 Å². The number of anilines is 1. The first-order valence-corrected chi connectivity index (χ1v) is 5.62. The summed E-state index contributed by atoms with van der Waals surface area (Å²) in [6.07, 6.45) is 2.08. The first-order chi connectivity index (χ1) is 7.56. The number of hydrogen-bond acceptors (Lipinski definition) is 3. The van der Waals surface area contributed by atoms with Gasteiger partial charge in [0, 0.05) is 6.54 Å². The molecule has 0 saturated heterocycles. The van der Waals surface area contributed by atoms with Gasteiger partial charge in [0.2, 0.25) is 5.91 Å². The van der Waals surface area contributed by atoms with Gasteiger partial charge in [-0.2, -0.15) is 5.10 Å². The van der Waals surface area contributed by atoms with Gasteiger partial charge in [-0.3, -0.25) is 9.48 Å². The molecule has 1 aromatic heterocycles. The molecule has 3 N–H and O–H groups in total. The Kier molecular flexibility index (Phi) is 4.34. The van der Waals surface area contributed by atoms with Crippen molar-refractivity contribution in [1.29, 1.82) is 0 Å². The van der Waals surface area contributed by atoms with E-state index in [4.69, 9.17) is 5.73 Å². The van der Waals surface area contributed by atoms with Crippen molar-refractivity contribution in [2.24, 2.45) is 0 Å². The number of nitrogens with two attached hydrogens (primary N) is 1. The number of rotatable bonds is 5. The van der Waals surface area contributed by atoms with Crippen LogP contribution in [0.2, 0.25) is 0 Å². The van der Waals surface area contributed by atoms with Crippen LogP contribution >= 0.6 is 0 Å². The summed E-state index contributed by atoms with van der Waals surface area (Å²) in [5.74, 6) is -0.0148. The third-order valence-electron chi connectivity index (χ3n) is 2.58. The van der Waals surface area contributed by atoms with E-state index in [9.17, 15) is 4.79 Å². The number of aromatic nitrogens is 2. The molecule has 0 aliphatic carbocycles. The predicted molar refractivity (Wildman–Crippen MR) is 64.0 cm³/mol. The van der Waals surface area contributed by atoms with Crippen LogP contribution < -0.4 is 11.1 Å². The molecule has 0 unspecified atom stereocenters. The topological polar surface area (TPSA) is 72.9 Å². The Hall–Kier alpha value is -1.52. The van der Waals surface area contributed by atoms with Crippen molar-refractivity contribution in [3.05, 3.63) is 11.4 Å². The first-order valence-electron chi connectivity index (χ1n) is 5.62. The molecule has 5 nitrogen and oxygen atoms in total. The summed E-state index contributed by atoms with van der Waals surface area (Å²) in [6, 6.07) is 0. The zero-order valence-corrected chi connectivity index (χ0v) is 10.2. The minimum atomic E-state index is -0.0148. The number of nitrogens with one attached hydrogen (secondary N) is 1. The van der Waals surface area contributed by atoms with Gasteiger partial charge in [0.1, 0.15) is 6.54 Å². The molecule has 0 aromatic carbocycles. The van der Waals surface area contributed by atoms with Gasteiger partial charge in [-0.1, -0.05) is 13.3 Å². The summed E-state index contributed by atoms with van der Waals surface area (Å²) >= 11 is 0. The second-order valence-electron chi connectivity index (χ2n) is 3.95. The Labute approximate surface area is 96.0 Å². The highest BCUT2D eigenvalue weighted by Gasteiger charge is 2.10. The maximum atomic E-state index is 11.5. The van der Waals surface area contributed by atoms with Gasteiger partial charge in [-0.05, 0) is 20.3 Å². The largest absolute Gasteiger partial charge is 0.396 e. The summed E-state index contributed by atoms with van der Waals surface area (Å²) < 4.78 is 1.64. The third kappa shape index (κ3) is 2.98. The van der Waals surface area contributed by atoms with E-state index in [1.807, 2.05) is 13.8 Å². The summed E-state index contributed by atoms with van der Waals surface area (Å²) in [7, 11) is 0. The van der Waals surface area contributed by atoms with Crippen molar-refractivity contribution in [2.45, 2.75) is 40.2 Å². The van der Waals surface area contributed by atoms with E-state index in [1.165, 1.54) is 0 Å². The maximum Gasteiger partial charge on any atom is 0.241 e. The molecule has 0 bridgehead atoms. The molecule has 1 heterocycles. The molecule has 0 fully saturated rings. The fourth-order valence-corrected chi connectivity index (χ4v) is 1.46. The standard InChI is InChI=1S/C11H20N4O/c1-4-5-6-13-10(16)7-15-9(3)11(12)8(2)14-15/h4-7,12H2,1-3H3,(H,13,16). The molecule has 0 atom stereocenters. The lowest BCUT2D eigenvalue weighted by atomic mass is 10.3. The first kappa shape index (κ1) is 12.5. The smallest absolute Gasteiger partial charge is 0.241 e. The summed E-state index contributed by atoms with van der Waals surface area (Å²) in [5.41, 5.74) is 8.08. The lowest BCUT2D eigenvalue weighted by Gasteiger charge is -2.05. The maximum absolute atomic E-state index is 11.5. The molecule has 0 spiro atoms. The van der Waals surface area contributed by atoms with Crippen molar-refractivity contribution in [3.63, 3.8) is 0 Å². The third-order valence-corrected chi connectivity index (χ3v) is 2.58. The van der Waals surface area contributed by atoms with Gasteiger partial charge >= 0.3 is 0 Å². The Morgan fingerprint density at radius 2 is 2.19 bits per heavy atom. The Bertz CT molecular complexity index is 370. The minimum absolute atomic E-state index is 0.0148. The van der Waals surface area contributed by atoms with E-state index >= 15 is 0 Å². The van der Waals surface area contributed by atoms with Crippen LogP contribution in [0.25, 0.3) is 0 Å². The molecule has 0 aliphatic heterocycles. The molecular formula is C11H20N4O. The number of nitrogen functional groups attached to an aromatic ring is 1.